The highest BCUT2D eigenvalue weighted by Crippen LogP contribution is 2.31. The number of amides is 1. The Bertz CT molecular complexity index is 642. The number of aromatic nitrogens is 2. The molecule has 3 N–H and O–H groups in total. The van der Waals surface area contributed by atoms with Gasteiger partial charge in [0.05, 0.1) is 20.8 Å². The van der Waals surface area contributed by atoms with Gasteiger partial charge >= 0.3 is 0 Å². The SMILES string of the molecule is COc1ccc(-c2noc(CCNC(=O)CN)n2)cc1OC. The maximum Gasteiger partial charge on any atom is 0.233 e. The van der Waals surface area contributed by atoms with Crippen LogP contribution in [0.1, 0.15) is 5.89 Å². The Morgan fingerprint density at radius 1 is 1.32 bits per heavy atom. The van der Waals surface area contributed by atoms with Gasteiger partial charge in [-0.1, -0.05) is 5.16 Å². The van der Waals surface area contributed by atoms with E-state index in [1.165, 1.54) is 0 Å². The van der Waals surface area contributed by atoms with Gasteiger partial charge in [0.1, 0.15) is 0 Å². The molecule has 0 atom stereocenters. The van der Waals surface area contributed by atoms with Crippen molar-refractivity contribution < 1.29 is 18.8 Å². The minimum atomic E-state index is -0.223. The summed E-state index contributed by atoms with van der Waals surface area (Å²) in [5, 5.41) is 6.55. The van der Waals surface area contributed by atoms with Crippen LogP contribution in [0.15, 0.2) is 22.7 Å². The van der Waals surface area contributed by atoms with Crippen LogP contribution < -0.4 is 20.5 Å². The molecule has 0 saturated carbocycles. The molecule has 0 radical (unpaired) electrons. The molecule has 0 bridgehead atoms. The summed E-state index contributed by atoms with van der Waals surface area (Å²) in [6.07, 6.45) is 0.437. The minimum absolute atomic E-state index is 0.0409. The number of carbonyl (C=O) groups excluding carboxylic acids is 1. The lowest BCUT2D eigenvalue weighted by Gasteiger charge is -2.07. The molecular weight excluding hydrogens is 288 g/mol. The molecule has 0 spiro atoms. The van der Waals surface area contributed by atoms with E-state index in [9.17, 15) is 4.79 Å². The lowest BCUT2D eigenvalue weighted by molar-refractivity contribution is -0.119. The highest BCUT2D eigenvalue weighted by atomic mass is 16.5. The lowest BCUT2D eigenvalue weighted by atomic mass is 10.2. The average molecular weight is 306 g/mol. The summed E-state index contributed by atoms with van der Waals surface area (Å²) in [4.78, 5) is 15.3. The first-order valence-electron chi connectivity index (χ1n) is 6.69. The fraction of sp³-hybridized carbons (Fsp3) is 0.357. The van der Waals surface area contributed by atoms with E-state index >= 15 is 0 Å². The summed E-state index contributed by atoms with van der Waals surface area (Å²) in [6.45, 7) is 0.352. The average Bonchev–Trinajstić information content (AvgIpc) is 3.02. The summed E-state index contributed by atoms with van der Waals surface area (Å²) >= 11 is 0. The first-order valence-corrected chi connectivity index (χ1v) is 6.69. The standard InChI is InChI=1S/C14H18N4O4/c1-20-10-4-3-9(7-11(10)21-2)14-17-13(22-18-14)5-6-16-12(19)8-15/h3-4,7H,5-6,8,15H2,1-2H3,(H,16,19). The van der Waals surface area contributed by atoms with Crippen LogP contribution in [-0.4, -0.2) is 43.4 Å². The van der Waals surface area contributed by atoms with Gasteiger partial charge in [0.25, 0.3) is 0 Å². The predicted molar refractivity (Wildman–Crippen MR) is 78.6 cm³/mol. The van der Waals surface area contributed by atoms with E-state index in [0.717, 1.165) is 5.56 Å². The molecule has 2 rings (SSSR count). The molecule has 0 fully saturated rings. The van der Waals surface area contributed by atoms with Gasteiger partial charge in [-0.25, -0.2) is 0 Å². The van der Waals surface area contributed by atoms with Crippen molar-refractivity contribution >= 4 is 5.91 Å². The molecule has 8 heteroatoms. The predicted octanol–water partition coefficient (Wildman–Crippen LogP) is 0.371. The molecule has 0 aliphatic rings. The molecule has 118 valence electrons. The quantitative estimate of drug-likeness (QED) is 0.760. The number of benzene rings is 1. The van der Waals surface area contributed by atoms with E-state index in [4.69, 9.17) is 19.7 Å². The normalized spacial score (nSPS) is 10.3. The maximum absolute atomic E-state index is 11.0. The number of carbonyl (C=O) groups is 1. The molecule has 0 aliphatic heterocycles. The number of methoxy groups -OCH3 is 2. The summed E-state index contributed by atoms with van der Waals surface area (Å²) < 4.78 is 15.6. The van der Waals surface area contributed by atoms with Gasteiger partial charge in [0, 0.05) is 18.5 Å². The Morgan fingerprint density at radius 3 is 2.77 bits per heavy atom. The van der Waals surface area contributed by atoms with E-state index < -0.39 is 0 Å². The van der Waals surface area contributed by atoms with Crippen LogP contribution >= 0.6 is 0 Å². The molecule has 0 saturated heterocycles. The largest absolute Gasteiger partial charge is 0.493 e. The molecule has 1 heterocycles. The Hall–Kier alpha value is -2.61. The molecule has 0 unspecified atom stereocenters. The van der Waals surface area contributed by atoms with Crippen LogP contribution in [0.5, 0.6) is 11.5 Å². The number of rotatable bonds is 7. The van der Waals surface area contributed by atoms with Crippen LogP contribution in [0.4, 0.5) is 0 Å². The van der Waals surface area contributed by atoms with Crippen LogP contribution in [0.25, 0.3) is 11.4 Å². The molecule has 1 aromatic heterocycles. The van der Waals surface area contributed by atoms with Gasteiger partial charge < -0.3 is 25.0 Å². The summed E-state index contributed by atoms with van der Waals surface area (Å²) in [6, 6.07) is 5.35. The zero-order valence-electron chi connectivity index (χ0n) is 12.5. The van der Waals surface area contributed by atoms with Crippen molar-refractivity contribution in [3.8, 4) is 22.9 Å². The third kappa shape index (κ3) is 3.73. The molecule has 8 nitrogen and oxygen atoms in total. The van der Waals surface area contributed by atoms with Gasteiger partial charge in [-0.2, -0.15) is 4.98 Å². The van der Waals surface area contributed by atoms with E-state index in [0.29, 0.717) is 36.2 Å². The summed E-state index contributed by atoms with van der Waals surface area (Å²) in [5.41, 5.74) is 5.95. The lowest BCUT2D eigenvalue weighted by Crippen LogP contribution is -2.31. The van der Waals surface area contributed by atoms with Crippen LogP contribution in [-0.2, 0) is 11.2 Å². The molecule has 0 aliphatic carbocycles. The number of ether oxygens (including phenoxy) is 2. The Morgan fingerprint density at radius 2 is 2.09 bits per heavy atom. The van der Waals surface area contributed by atoms with Gasteiger partial charge in [-0.15, -0.1) is 0 Å². The van der Waals surface area contributed by atoms with Crippen molar-refractivity contribution in [2.24, 2.45) is 5.73 Å². The zero-order valence-corrected chi connectivity index (χ0v) is 12.5. The minimum Gasteiger partial charge on any atom is -0.493 e. The molecule has 22 heavy (non-hydrogen) atoms. The van der Waals surface area contributed by atoms with Crippen molar-refractivity contribution in [1.29, 1.82) is 0 Å². The van der Waals surface area contributed by atoms with Gasteiger partial charge in [0.15, 0.2) is 11.5 Å². The Balaban J connectivity index is 2.06. The Labute approximate surface area is 127 Å². The smallest absolute Gasteiger partial charge is 0.233 e. The highest BCUT2D eigenvalue weighted by molar-refractivity contribution is 5.77. The fourth-order valence-electron chi connectivity index (χ4n) is 1.83. The van der Waals surface area contributed by atoms with Crippen molar-refractivity contribution in [2.45, 2.75) is 6.42 Å². The van der Waals surface area contributed by atoms with E-state index in [1.807, 2.05) is 6.07 Å². The second-order valence-corrected chi connectivity index (χ2v) is 4.39. The second-order valence-electron chi connectivity index (χ2n) is 4.39. The monoisotopic (exact) mass is 306 g/mol. The molecular formula is C14H18N4O4. The molecule has 1 amide bonds. The first kappa shape index (κ1) is 15.8. The number of nitrogens with one attached hydrogen (secondary N) is 1. The number of hydrogen-bond donors (Lipinski definition) is 2. The third-order valence-electron chi connectivity index (χ3n) is 2.96. The summed E-state index contributed by atoms with van der Waals surface area (Å²) in [5.74, 6) is 1.86. The van der Waals surface area contributed by atoms with Gasteiger partial charge in [0.2, 0.25) is 17.6 Å². The van der Waals surface area contributed by atoms with Crippen molar-refractivity contribution in [3.05, 3.63) is 24.1 Å². The zero-order chi connectivity index (χ0) is 15.9. The van der Waals surface area contributed by atoms with Crippen molar-refractivity contribution in [3.63, 3.8) is 0 Å². The number of hydrogen-bond acceptors (Lipinski definition) is 7. The van der Waals surface area contributed by atoms with Crippen LogP contribution in [0.2, 0.25) is 0 Å². The van der Waals surface area contributed by atoms with Crippen LogP contribution in [0, 0.1) is 0 Å². The summed E-state index contributed by atoms with van der Waals surface area (Å²) in [7, 11) is 3.13. The third-order valence-corrected chi connectivity index (χ3v) is 2.96. The molecule has 1 aromatic carbocycles. The van der Waals surface area contributed by atoms with E-state index in [-0.39, 0.29) is 12.5 Å². The number of nitrogens with zero attached hydrogens (tertiary/aromatic N) is 2. The van der Waals surface area contributed by atoms with Crippen molar-refractivity contribution in [2.75, 3.05) is 27.3 Å². The van der Waals surface area contributed by atoms with E-state index in [2.05, 4.69) is 15.5 Å². The van der Waals surface area contributed by atoms with Gasteiger partial charge in [-0.05, 0) is 18.2 Å². The Kier molecular flexibility index (Phi) is 5.31. The van der Waals surface area contributed by atoms with E-state index in [1.54, 1.807) is 26.4 Å². The van der Waals surface area contributed by atoms with Gasteiger partial charge in [-0.3, -0.25) is 4.79 Å². The first-order chi connectivity index (χ1) is 10.7. The molecule has 2 aromatic rings. The van der Waals surface area contributed by atoms with Crippen molar-refractivity contribution in [1.82, 2.24) is 15.5 Å². The highest BCUT2D eigenvalue weighted by Gasteiger charge is 2.12. The number of nitrogens with two attached hydrogens (primary N) is 1. The fourth-order valence-corrected chi connectivity index (χ4v) is 1.83. The van der Waals surface area contributed by atoms with Crippen LogP contribution in [0.3, 0.4) is 0 Å². The maximum atomic E-state index is 11.0. The topological polar surface area (TPSA) is 113 Å². The second kappa shape index (κ2) is 7.41.